The second-order valence-corrected chi connectivity index (χ2v) is 4.89. The summed E-state index contributed by atoms with van der Waals surface area (Å²) >= 11 is 0. The molecule has 1 unspecified atom stereocenters. The van der Waals surface area contributed by atoms with E-state index >= 15 is 0 Å². The third-order valence-corrected chi connectivity index (χ3v) is 3.22. The van der Waals surface area contributed by atoms with Crippen molar-refractivity contribution in [1.82, 2.24) is 15.2 Å². The zero-order valence-corrected chi connectivity index (χ0v) is 11.1. The van der Waals surface area contributed by atoms with Crippen molar-refractivity contribution < 1.29 is 14.7 Å². The molecule has 1 atom stereocenters. The van der Waals surface area contributed by atoms with Crippen LogP contribution in [0.25, 0.3) is 0 Å². The fraction of sp³-hybridized carbons (Fsp3) is 0.462. The van der Waals surface area contributed by atoms with Gasteiger partial charge in [-0.1, -0.05) is 0 Å². The van der Waals surface area contributed by atoms with Crippen molar-refractivity contribution >= 4 is 11.8 Å². The standard InChI is InChI=1S/C13H18N4O3/c14-11(19)8-17-6-2-3-9(7-17)16-13(20)12-10(18)4-1-5-15-12/h1,4-5,9,18H,2-3,6-8H2,(H2,14,19)(H,16,20). The number of hydrogen-bond acceptors (Lipinski definition) is 5. The number of aromatic nitrogens is 1. The molecule has 0 radical (unpaired) electrons. The molecule has 0 spiro atoms. The second-order valence-electron chi connectivity index (χ2n) is 4.89. The molecule has 1 aromatic rings. The number of nitrogens with zero attached hydrogens (tertiary/aromatic N) is 2. The van der Waals surface area contributed by atoms with Crippen molar-refractivity contribution in [2.24, 2.45) is 5.73 Å². The number of likely N-dealkylation sites (tertiary alicyclic amines) is 1. The summed E-state index contributed by atoms with van der Waals surface area (Å²) in [6.07, 6.45) is 3.16. The summed E-state index contributed by atoms with van der Waals surface area (Å²) < 4.78 is 0. The maximum absolute atomic E-state index is 12.0. The number of aromatic hydroxyl groups is 1. The fourth-order valence-electron chi connectivity index (χ4n) is 2.36. The van der Waals surface area contributed by atoms with Crippen molar-refractivity contribution in [2.45, 2.75) is 18.9 Å². The lowest BCUT2D eigenvalue weighted by atomic mass is 10.1. The van der Waals surface area contributed by atoms with E-state index in [1.807, 2.05) is 4.90 Å². The summed E-state index contributed by atoms with van der Waals surface area (Å²) in [7, 11) is 0. The molecule has 0 aliphatic carbocycles. The number of amides is 2. The Labute approximate surface area is 116 Å². The van der Waals surface area contributed by atoms with Crippen LogP contribution in [-0.2, 0) is 4.79 Å². The second kappa shape index (κ2) is 6.33. The lowest BCUT2D eigenvalue weighted by Gasteiger charge is -2.32. The molecule has 4 N–H and O–H groups in total. The van der Waals surface area contributed by atoms with Gasteiger partial charge in [-0.05, 0) is 31.5 Å². The van der Waals surface area contributed by atoms with Crippen LogP contribution in [0.3, 0.4) is 0 Å². The summed E-state index contributed by atoms with van der Waals surface area (Å²) in [6.45, 7) is 1.56. The van der Waals surface area contributed by atoms with E-state index in [2.05, 4.69) is 10.3 Å². The Balaban J connectivity index is 1.94. The molecule has 1 fully saturated rings. The predicted molar refractivity (Wildman–Crippen MR) is 72.0 cm³/mol. The van der Waals surface area contributed by atoms with Gasteiger partial charge in [0.1, 0.15) is 5.75 Å². The highest BCUT2D eigenvalue weighted by atomic mass is 16.3. The molecular formula is C13H18N4O3. The average molecular weight is 278 g/mol. The first kappa shape index (κ1) is 14.3. The number of nitrogens with one attached hydrogen (secondary N) is 1. The summed E-state index contributed by atoms with van der Waals surface area (Å²) in [6, 6.07) is 2.90. The van der Waals surface area contributed by atoms with Gasteiger partial charge in [-0.25, -0.2) is 4.98 Å². The van der Waals surface area contributed by atoms with Crippen LogP contribution in [0.15, 0.2) is 18.3 Å². The minimum absolute atomic E-state index is 0.0134. The lowest BCUT2D eigenvalue weighted by Crippen LogP contribution is -2.49. The maximum Gasteiger partial charge on any atom is 0.273 e. The Morgan fingerprint density at radius 2 is 2.35 bits per heavy atom. The number of primary amides is 1. The van der Waals surface area contributed by atoms with Crippen LogP contribution in [0.1, 0.15) is 23.3 Å². The first-order valence-electron chi connectivity index (χ1n) is 6.52. The largest absolute Gasteiger partial charge is 0.505 e. The lowest BCUT2D eigenvalue weighted by molar-refractivity contribution is -0.119. The third-order valence-electron chi connectivity index (χ3n) is 3.22. The normalized spacial score (nSPS) is 19.5. The Morgan fingerprint density at radius 3 is 3.05 bits per heavy atom. The molecule has 0 saturated carbocycles. The first-order valence-corrected chi connectivity index (χ1v) is 6.52. The zero-order valence-electron chi connectivity index (χ0n) is 11.1. The smallest absolute Gasteiger partial charge is 0.273 e. The Kier molecular flexibility index (Phi) is 4.52. The van der Waals surface area contributed by atoms with E-state index in [1.165, 1.54) is 12.3 Å². The monoisotopic (exact) mass is 278 g/mol. The minimum Gasteiger partial charge on any atom is -0.505 e. The number of nitrogens with two attached hydrogens (primary N) is 1. The molecular weight excluding hydrogens is 260 g/mol. The van der Waals surface area contributed by atoms with Crippen LogP contribution in [0, 0.1) is 0 Å². The fourth-order valence-corrected chi connectivity index (χ4v) is 2.36. The molecule has 1 aliphatic heterocycles. The SMILES string of the molecule is NC(=O)CN1CCCC(NC(=O)c2ncccc2O)C1. The average Bonchev–Trinajstić information content (AvgIpc) is 2.38. The molecule has 0 bridgehead atoms. The van der Waals surface area contributed by atoms with Crippen molar-refractivity contribution in [3.63, 3.8) is 0 Å². The van der Waals surface area contributed by atoms with Crippen molar-refractivity contribution in [3.8, 4) is 5.75 Å². The highest BCUT2D eigenvalue weighted by Crippen LogP contribution is 2.14. The maximum atomic E-state index is 12.0. The van der Waals surface area contributed by atoms with Crippen molar-refractivity contribution in [3.05, 3.63) is 24.0 Å². The molecule has 1 saturated heterocycles. The van der Waals surface area contributed by atoms with Gasteiger partial charge < -0.3 is 16.2 Å². The molecule has 1 aromatic heterocycles. The zero-order chi connectivity index (χ0) is 14.5. The van der Waals surface area contributed by atoms with E-state index in [0.29, 0.717) is 6.54 Å². The molecule has 7 nitrogen and oxygen atoms in total. The van der Waals surface area contributed by atoms with Crippen LogP contribution in [-0.4, -0.2) is 52.5 Å². The van der Waals surface area contributed by atoms with E-state index in [1.54, 1.807) is 6.07 Å². The van der Waals surface area contributed by atoms with Gasteiger partial charge in [0, 0.05) is 18.8 Å². The quantitative estimate of drug-likeness (QED) is 0.686. The Bertz CT molecular complexity index is 506. The number of carbonyl (C=O) groups is 2. The van der Waals surface area contributed by atoms with Crippen LogP contribution in [0.2, 0.25) is 0 Å². The van der Waals surface area contributed by atoms with E-state index in [0.717, 1.165) is 19.4 Å². The van der Waals surface area contributed by atoms with Crippen LogP contribution in [0.4, 0.5) is 0 Å². The number of pyridine rings is 1. The van der Waals surface area contributed by atoms with Gasteiger partial charge in [0.15, 0.2) is 5.69 Å². The summed E-state index contributed by atoms with van der Waals surface area (Å²) in [5, 5.41) is 12.4. The molecule has 108 valence electrons. The molecule has 7 heteroatoms. The molecule has 1 aliphatic rings. The van der Waals surface area contributed by atoms with Gasteiger partial charge >= 0.3 is 0 Å². The van der Waals surface area contributed by atoms with Crippen molar-refractivity contribution in [2.75, 3.05) is 19.6 Å². The topological polar surface area (TPSA) is 109 Å². The summed E-state index contributed by atoms with van der Waals surface area (Å²) in [4.78, 5) is 28.7. The number of hydrogen-bond donors (Lipinski definition) is 3. The van der Waals surface area contributed by atoms with Gasteiger partial charge in [-0.3, -0.25) is 14.5 Å². The van der Waals surface area contributed by atoms with Crippen molar-refractivity contribution in [1.29, 1.82) is 0 Å². The third kappa shape index (κ3) is 3.67. The number of rotatable bonds is 4. The molecule has 2 rings (SSSR count). The van der Waals surface area contributed by atoms with E-state index in [4.69, 9.17) is 5.73 Å². The Morgan fingerprint density at radius 1 is 1.55 bits per heavy atom. The van der Waals surface area contributed by atoms with Gasteiger partial charge in [0.2, 0.25) is 5.91 Å². The molecule has 0 aromatic carbocycles. The van der Waals surface area contributed by atoms with Gasteiger partial charge in [-0.15, -0.1) is 0 Å². The Hall–Kier alpha value is -2.15. The molecule has 20 heavy (non-hydrogen) atoms. The van der Waals surface area contributed by atoms with Crippen LogP contribution < -0.4 is 11.1 Å². The van der Waals surface area contributed by atoms with Crippen LogP contribution >= 0.6 is 0 Å². The van der Waals surface area contributed by atoms with E-state index in [-0.39, 0.29) is 29.9 Å². The highest BCUT2D eigenvalue weighted by Gasteiger charge is 2.23. The number of carbonyl (C=O) groups excluding carboxylic acids is 2. The van der Waals surface area contributed by atoms with Gasteiger partial charge in [0.25, 0.3) is 5.91 Å². The summed E-state index contributed by atoms with van der Waals surface area (Å²) in [5.74, 6) is -0.928. The summed E-state index contributed by atoms with van der Waals surface area (Å²) in [5.41, 5.74) is 5.18. The minimum atomic E-state index is -0.408. The van der Waals surface area contributed by atoms with E-state index < -0.39 is 5.91 Å². The molecule has 2 amide bonds. The van der Waals surface area contributed by atoms with Gasteiger partial charge in [0.05, 0.1) is 6.54 Å². The predicted octanol–water partition coefficient (Wildman–Crippen LogP) is -0.533. The van der Waals surface area contributed by atoms with Gasteiger partial charge in [-0.2, -0.15) is 0 Å². The van der Waals surface area contributed by atoms with E-state index in [9.17, 15) is 14.7 Å². The molecule has 2 heterocycles. The van der Waals surface area contributed by atoms with Crippen LogP contribution in [0.5, 0.6) is 5.75 Å². The number of piperidine rings is 1. The first-order chi connectivity index (χ1) is 9.56. The highest BCUT2D eigenvalue weighted by molar-refractivity contribution is 5.94.